The lowest BCUT2D eigenvalue weighted by molar-refractivity contribution is -0.138. The molecule has 1 saturated heterocycles. The second kappa shape index (κ2) is 4.83. The third kappa shape index (κ3) is 2.55. The van der Waals surface area contributed by atoms with Gasteiger partial charge in [-0.3, -0.25) is 0 Å². The minimum atomic E-state index is -4.43. The van der Waals surface area contributed by atoms with E-state index >= 15 is 0 Å². The van der Waals surface area contributed by atoms with E-state index in [2.05, 4.69) is 15.9 Å². The van der Waals surface area contributed by atoms with Crippen molar-refractivity contribution in [2.24, 2.45) is 0 Å². The molecule has 2 rings (SSSR count). The predicted molar refractivity (Wildman–Crippen MR) is 63.1 cm³/mol. The van der Waals surface area contributed by atoms with E-state index in [0.29, 0.717) is 26.1 Å². The Kier molecular flexibility index (Phi) is 3.71. The Morgan fingerprint density at radius 2 is 1.83 bits per heavy atom. The number of halogens is 4. The Hall–Kier alpha value is -0.590. The van der Waals surface area contributed by atoms with Crippen molar-refractivity contribution in [2.45, 2.75) is 24.6 Å². The minimum Gasteiger partial charge on any atom is -0.385 e. The second-order valence-corrected chi connectivity index (χ2v) is 5.10. The molecule has 1 heterocycles. The fourth-order valence-corrected chi connectivity index (χ4v) is 2.95. The van der Waals surface area contributed by atoms with Gasteiger partial charge in [-0.15, -0.1) is 0 Å². The molecule has 1 N–H and O–H groups in total. The molecule has 0 aliphatic carbocycles. The third-order valence-corrected chi connectivity index (χ3v) is 3.98. The molecule has 18 heavy (non-hydrogen) atoms. The van der Waals surface area contributed by atoms with Crippen LogP contribution in [0.2, 0.25) is 0 Å². The monoisotopic (exact) mass is 324 g/mol. The van der Waals surface area contributed by atoms with Crippen LogP contribution in [0.4, 0.5) is 13.2 Å². The van der Waals surface area contributed by atoms with Crippen molar-refractivity contribution >= 4 is 15.9 Å². The summed E-state index contributed by atoms with van der Waals surface area (Å²) < 4.78 is 43.4. The molecule has 6 heteroatoms. The summed E-state index contributed by atoms with van der Waals surface area (Å²) in [5.74, 6) is 0. The minimum absolute atomic E-state index is 0.0816. The lowest BCUT2D eigenvalue weighted by Gasteiger charge is -2.33. The average molecular weight is 325 g/mol. The molecule has 1 aliphatic heterocycles. The molecule has 100 valence electrons. The number of ether oxygens (including phenoxy) is 1. The van der Waals surface area contributed by atoms with Crippen molar-refractivity contribution in [3.05, 3.63) is 33.8 Å². The molecule has 0 amide bonds. The number of hydrogen-bond acceptors (Lipinski definition) is 2. The first-order valence-corrected chi connectivity index (χ1v) is 6.30. The summed E-state index contributed by atoms with van der Waals surface area (Å²) in [7, 11) is 0. The van der Waals surface area contributed by atoms with Gasteiger partial charge in [0.15, 0.2) is 0 Å². The van der Waals surface area contributed by atoms with Crippen molar-refractivity contribution in [2.75, 3.05) is 13.2 Å². The van der Waals surface area contributed by atoms with Gasteiger partial charge in [0.05, 0.1) is 11.2 Å². The molecule has 1 aromatic rings. The first kappa shape index (κ1) is 13.8. The van der Waals surface area contributed by atoms with Crippen LogP contribution in [-0.4, -0.2) is 18.3 Å². The maximum Gasteiger partial charge on any atom is 0.417 e. The van der Waals surface area contributed by atoms with E-state index in [9.17, 15) is 18.3 Å². The molecule has 0 spiro atoms. The summed E-state index contributed by atoms with van der Waals surface area (Å²) in [5, 5.41) is 10.4. The van der Waals surface area contributed by atoms with E-state index in [1.54, 1.807) is 0 Å². The van der Waals surface area contributed by atoms with Crippen molar-refractivity contribution in [1.29, 1.82) is 0 Å². The van der Waals surface area contributed by atoms with E-state index in [1.165, 1.54) is 12.1 Å². The number of rotatable bonds is 1. The molecule has 0 unspecified atom stereocenters. The predicted octanol–water partition coefficient (Wildman–Crippen LogP) is 3.47. The van der Waals surface area contributed by atoms with Crippen LogP contribution in [0.15, 0.2) is 22.7 Å². The fraction of sp³-hybridized carbons (Fsp3) is 0.500. The lowest BCUT2D eigenvalue weighted by Crippen LogP contribution is -2.34. The van der Waals surface area contributed by atoms with Gasteiger partial charge in [-0.25, -0.2) is 0 Å². The summed E-state index contributed by atoms with van der Waals surface area (Å²) in [4.78, 5) is 0. The van der Waals surface area contributed by atoms with Gasteiger partial charge in [0.25, 0.3) is 0 Å². The van der Waals surface area contributed by atoms with Crippen LogP contribution in [0.5, 0.6) is 0 Å². The fourth-order valence-electron chi connectivity index (χ4n) is 2.09. The summed E-state index contributed by atoms with van der Waals surface area (Å²) in [6.07, 6.45) is -3.84. The maximum atomic E-state index is 12.8. The molecule has 0 atom stereocenters. The largest absolute Gasteiger partial charge is 0.417 e. The molecule has 0 aromatic heterocycles. The maximum absolute atomic E-state index is 12.8. The van der Waals surface area contributed by atoms with Crippen LogP contribution in [0.25, 0.3) is 0 Å². The van der Waals surface area contributed by atoms with Gasteiger partial charge in [-0.1, -0.05) is 12.1 Å². The van der Waals surface area contributed by atoms with Crippen molar-refractivity contribution < 1.29 is 23.0 Å². The Balaban J connectivity index is 2.45. The Labute approximate surface area is 111 Å². The van der Waals surface area contributed by atoms with E-state index < -0.39 is 17.3 Å². The molecule has 0 bridgehead atoms. The molecule has 1 fully saturated rings. The number of benzene rings is 1. The van der Waals surface area contributed by atoms with E-state index in [1.807, 2.05) is 0 Å². The molecule has 2 nitrogen and oxygen atoms in total. The first-order valence-electron chi connectivity index (χ1n) is 5.51. The Morgan fingerprint density at radius 3 is 2.39 bits per heavy atom. The topological polar surface area (TPSA) is 29.5 Å². The van der Waals surface area contributed by atoms with Crippen LogP contribution in [0.3, 0.4) is 0 Å². The zero-order valence-electron chi connectivity index (χ0n) is 9.43. The Morgan fingerprint density at radius 1 is 1.22 bits per heavy atom. The van der Waals surface area contributed by atoms with Gasteiger partial charge >= 0.3 is 6.18 Å². The molecule has 0 saturated carbocycles. The molecular weight excluding hydrogens is 313 g/mol. The van der Waals surface area contributed by atoms with Gasteiger partial charge in [-0.05, 0) is 27.6 Å². The van der Waals surface area contributed by atoms with Gasteiger partial charge in [-0.2, -0.15) is 13.2 Å². The number of alkyl halides is 3. The molecule has 0 radical (unpaired) electrons. The first-order chi connectivity index (χ1) is 8.34. The van der Waals surface area contributed by atoms with E-state index in [0.717, 1.165) is 6.07 Å². The zero-order chi connectivity index (χ0) is 13.4. The molecule has 1 aromatic carbocycles. The van der Waals surface area contributed by atoms with E-state index in [4.69, 9.17) is 4.74 Å². The van der Waals surface area contributed by atoms with Crippen LogP contribution in [-0.2, 0) is 16.5 Å². The highest BCUT2D eigenvalue weighted by molar-refractivity contribution is 9.10. The SMILES string of the molecule is OC1(c2cccc(C(F)(F)F)c2Br)CCOCC1. The highest BCUT2D eigenvalue weighted by Gasteiger charge is 2.39. The van der Waals surface area contributed by atoms with Gasteiger partial charge in [0, 0.05) is 30.5 Å². The van der Waals surface area contributed by atoms with Crippen LogP contribution < -0.4 is 0 Å². The lowest BCUT2D eigenvalue weighted by atomic mass is 9.85. The van der Waals surface area contributed by atoms with Crippen molar-refractivity contribution in [3.63, 3.8) is 0 Å². The molecule has 1 aliphatic rings. The van der Waals surface area contributed by atoms with Crippen LogP contribution in [0, 0.1) is 0 Å². The van der Waals surface area contributed by atoms with Crippen molar-refractivity contribution in [3.8, 4) is 0 Å². The number of hydrogen-bond donors (Lipinski definition) is 1. The highest BCUT2D eigenvalue weighted by atomic mass is 79.9. The smallest absolute Gasteiger partial charge is 0.385 e. The average Bonchev–Trinajstić information content (AvgIpc) is 2.28. The van der Waals surface area contributed by atoms with Crippen molar-refractivity contribution in [1.82, 2.24) is 0 Å². The second-order valence-electron chi connectivity index (χ2n) is 4.31. The standard InChI is InChI=1S/C12H12BrF3O2/c13-10-8(11(17)4-6-18-7-5-11)2-1-3-9(10)12(14,15)16/h1-3,17H,4-7H2. The molecular formula is C12H12BrF3O2. The van der Waals surface area contributed by atoms with Crippen LogP contribution in [0.1, 0.15) is 24.0 Å². The van der Waals surface area contributed by atoms with Gasteiger partial charge in [0.1, 0.15) is 0 Å². The third-order valence-electron chi connectivity index (χ3n) is 3.13. The van der Waals surface area contributed by atoms with Gasteiger partial charge in [0.2, 0.25) is 0 Å². The summed E-state index contributed by atoms with van der Waals surface area (Å²) in [5.41, 5.74) is -1.74. The normalized spacial score (nSPS) is 19.8. The number of aliphatic hydroxyl groups is 1. The highest BCUT2D eigenvalue weighted by Crippen LogP contribution is 2.42. The summed E-state index contributed by atoms with van der Waals surface area (Å²) >= 11 is 2.97. The van der Waals surface area contributed by atoms with E-state index in [-0.39, 0.29) is 10.0 Å². The summed E-state index contributed by atoms with van der Waals surface area (Å²) in [6, 6.07) is 3.83. The van der Waals surface area contributed by atoms with Crippen LogP contribution >= 0.6 is 15.9 Å². The van der Waals surface area contributed by atoms with Gasteiger partial charge < -0.3 is 9.84 Å². The quantitative estimate of drug-likeness (QED) is 0.857. The summed E-state index contributed by atoms with van der Waals surface area (Å²) in [6.45, 7) is 0.693. The zero-order valence-corrected chi connectivity index (χ0v) is 11.0. The Bertz CT molecular complexity index is 439.